The van der Waals surface area contributed by atoms with Crippen LogP contribution in [0, 0.1) is 12.8 Å². The monoisotopic (exact) mass is 230 g/mol. The van der Waals surface area contributed by atoms with E-state index in [4.69, 9.17) is 0 Å². The molecule has 1 aromatic carbocycles. The minimum absolute atomic E-state index is 0.535. The van der Waals surface area contributed by atoms with Crippen LogP contribution < -0.4 is 5.32 Å². The van der Waals surface area contributed by atoms with Crippen LogP contribution in [0.2, 0.25) is 0 Å². The molecule has 2 nitrogen and oxygen atoms in total. The maximum Gasteiger partial charge on any atom is 0.0458 e. The molecule has 1 unspecified atom stereocenters. The molecule has 1 atom stereocenters. The zero-order valence-corrected chi connectivity index (χ0v) is 11.2. The van der Waals surface area contributed by atoms with Gasteiger partial charge < -0.3 is 10.3 Å². The Hall–Kier alpha value is -1.28. The number of nitrogens with one attached hydrogen (secondary N) is 2. The minimum atomic E-state index is 0.535. The number of rotatable bonds is 4. The highest BCUT2D eigenvalue weighted by atomic mass is 14.9. The molecule has 0 fully saturated rings. The van der Waals surface area contributed by atoms with E-state index in [1.165, 1.54) is 22.2 Å². The Kier molecular flexibility index (Phi) is 3.53. The average molecular weight is 230 g/mol. The van der Waals surface area contributed by atoms with E-state index in [1.54, 1.807) is 0 Å². The predicted molar refractivity (Wildman–Crippen MR) is 74.4 cm³/mol. The third-order valence-corrected chi connectivity index (χ3v) is 3.63. The number of H-pyrrole nitrogens is 1. The summed E-state index contributed by atoms with van der Waals surface area (Å²) >= 11 is 0. The van der Waals surface area contributed by atoms with Crippen molar-refractivity contribution in [1.29, 1.82) is 0 Å². The first-order valence-electron chi connectivity index (χ1n) is 6.37. The first-order chi connectivity index (χ1) is 8.13. The summed E-state index contributed by atoms with van der Waals surface area (Å²) in [6.07, 6.45) is 1.09. The molecule has 92 valence electrons. The molecule has 0 saturated carbocycles. The van der Waals surface area contributed by atoms with Crippen LogP contribution in [-0.2, 0) is 6.42 Å². The molecule has 0 aliphatic heterocycles. The van der Waals surface area contributed by atoms with Gasteiger partial charge in [0, 0.05) is 22.6 Å². The predicted octanol–water partition coefficient (Wildman–Crippen LogP) is 3.26. The molecule has 2 aromatic rings. The molecule has 1 aromatic heterocycles. The lowest BCUT2D eigenvalue weighted by atomic mass is 9.95. The van der Waals surface area contributed by atoms with Gasteiger partial charge in [0.15, 0.2) is 0 Å². The van der Waals surface area contributed by atoms with Crippen molar-refractivity contribution in [3.05, 3.63) is 35.5 Å². The van der Waals surface area contributed by atoms with Gasteiger partial charge in [-0.2, -0.15) is 0 Å². The summed E-state index contributed by atoms with van der Waals surface area (Å²) < 4.78 is 0. The summed E-state index contributed by atoms with van der Waals surface area (Å²) in [6.45, 7) is 6.71. The molecule has 0 saturated heterocycles. The number of aromatic nitrogens is 1. The van der Waals surface area contributed by atoms with Gasteiger partial charge in [-0.15, -0.1) is 0 Å². The topological polar surface area (TPSA) is 27.8 Å². The van der Waals surface area contributed by atoms with Crippen molar-refractivity contribution in [1.82, 2.24) is 10.3 Å². The fraction of sp³-hybridized carbons (Fsp3) is 0.467. The average Bonchev–Trinajstić information content (AvgIpc) is 2.61. The summed E-state index contributed by atoms with van der Waals surface area (Å²) in [5.41, 5.74) is 4.00. The van der Waals surface area contributed by atoms with Crippen LogP contribution in [0.3, 0.4) is 0 Å². The molecule has 17 heavy (non-hydrogen) atoms. The van der Waals surface area contributed by atoms with Gasteiger partial charge in [-0.05, 0) is 37.9 Å². The Labute approximate surface area is 103 Å². The van der Waals surface area contributed by atoms with Crippen molar-refractivity contribution in [2.75, 3.05) is 7.05 Å². The van der Waals surface area contributed by atoms with Crippen molar-refractivity contribution in [2.45, 2.75) is 33.2 Å². The summed E-state index contributed by atoms with van der Waals surface area (Å²) in [5, 5.41) is 4.78. The molecule has 2 N–H and O–H groups in total. The molecule has 2 heteroatoms. The Bertz CT molecular complexity index is 497. The highest BCUT2D eigenvalue weighted by Crippen LogP contribution is 2.24. The number of para-hydroxylation sites is 1. The number of aryl methyl sites for hydroxylation is 1. The SMILES string of the molecule is CNC(Cc1c(C)[nH]c2ccccc12)C(C)C. The van der Waals surface area contributed by atoms with E-state index in [0.717, 1.165) is 6.42 Å². The van der Waals surface area contributed by atoms with Gasteiger partial charge in [0.05, 0.1) is 0 Å². The fourth-order valence-electron chi connectivity index (χ4n) is 2.49. The fourth-order valence-corrected chi connectivity index (χ4v) is 2.49. The summed E-state index contributed by atoms with van der Waals surface area (Å²) in [6, 6.07) is 9.09. The molecule has 1 heterocycles. The molecule has 2 rings (SSSR count). The Morgan fingerprint density at radius 3 is 2.59 bits per heavy atom. The number of likely N-dealkylation sites (N-methyl/N-ethyl adjacent to an activating group) is 1. The van der Waals surface area contributed by atoms with Crippen LogP contribution in [0.4, 0.5) is 0 Å². The van der Waals surface area contributed by atoms with Gasteiger partial charge in [0.1, 0.15) is 0 Å². The highest BCUT2D eigenvalue weighted by Gasteiger charge is 2.16. The van der Waals surface area contributed by atoms with E-state index in [1.807, 2.05) is 0 Å². The Morgan fingerprint density at radius 2 is 1.94 bits per heavy atom. The summed E-state index contributed by atoms with van der Waals surface area (Å²) in [5.74, 6) is 0.646. The van der Waals surface area contributed by atoms with Crippen LogP contribution in [-0.4, -0.2) is 18.1 Å². The van der Waals surface area contributed by atoms with Gasteiger partial charge in [0.25, 0.3) is 0 Å². The van der Waals surface area contributed by atoms with Gasteiger partial charge in [0.2, 0.25) is 0 Å². The van der Waals surface area contributed by atoms with E-state index in [0.29, 0.717) is 12.0 Å². The van der Waals surface area contributed by atoms with Gasteiger partial charge in [-0.25, -0.2) is 0 Å². The molecular formula is C15H22N2. The molecule has 0 bridgehead atoms. The van der Waals surface area contributed by atoms with Crippen molar-refractivity contribution >= 4 is 10.9 Å². The van der Waals surface area contributed by atoms with Crippen LogP contribution in [0.5, 0.6) is 0 Å². The van der Waals surface area contributed by atoms with E-state index in [-0.39, 0.29) is 0 Å². The maximum absolute atomic E-state index is 3.47. The zero-order chi connectivity index (χ0) is 12.4. The van der Waals surface area contributed by atoms with Gasteiger partial charge in [-0.3, -0.25) is 0 Å². The Morgan fingerprint density at radius 1 is 1.24 bits per heavy atom. The van der Waals surface area contributed by atoms with Crippen molar-refractivity contribution in [2.24, 2.45) is 5.92 Å². The first-order valence-corrected chi connectivity index (χ1v) is 6.37. The third kappa shape index (κ3) is 2.37. The molecule has 0 aliphatic rings. The number of hydrogen-bond acceptors (Lipinski definition) is 1. The van der Waals surface area contributed by atoms with Crippen molar-refractivity contribution in [3.63, 3.8) is 0 Å². The second-order valence-corrected chi connectivity index (χ2v) is 5.12. The van der Waals surface area contributed by atoms with E-state index < -0.39 is 0 Å². The second kappa shape index (κ2) is 4.92. The number of benzene rings is 1. The zero-order valence-electron chi connectivity index (χ0n) is 11.2. The lowest BCUT2D eigenvalue weighted by Gasteiger charge is -2.20. The summed E-state index contributed by atoms with van der Waals surface area (Å²) in [7, 11) is 2.05. The lowest BCUT2D eigenvalue weighted by Crippen LogP contribution is -2.32. The third-order valence-electron chi connectivity index (χ3n) is 3.63. The van der Waals surface area contributed by atoms with Gasteiger partial charge in [-0.1, -0.05) is 32.0 Å². The quantitative estimate of drug-likeness (QED) is 0.829. The minimum Gasteiger partial charge on any atom is -0.358 e. The number of hydrogen-bond donors (Lipinski definition) is 2. The standard InChI is InChI=1S/C15H22N2/c1-10(2)15(16-4)9-13-11(3)17-14-8-6-5-7-12(13)14/h5-8,10,15-17H,9H2,1-4H3. The van der Waals surface area contributed by atoms with E-state index in [2.05, 4.69) is 62.4 Å². The van der Waals surface area contributed by atoms with E-state index in [9.17, 15) is 0 Å². The van der Waals surface area contributed by atoms with Crippen molar-refractivity contribution < 1.29 is 0 Å². The summed E-state index contributed by atoms with van der Waals surface area (Å²) in [4.78, 5) is 3.47. The van der Waals surface area contributed by atoms with Gasteiger partial charge >= 0.3 is 0 Å². The Balaban J connectivity index is 2.37. The molecule has 0 aliphatic carbocycles. The normalized spacial score (nSPS) is 13.5. The van der Waals surface area contributed by atoms with Crippen LogP contribution in [0.25, 0.3) is 10.9 Å². The molecule has 0 radical (unpaired) electrons. The van der Waals surface area contributed by atoms with Crippen LogP contribution in [0.1, 0.15) is 25.1 Å². The van der Waals surface area contributed by atoms with E-state index >= 15 is 0 Å². The number of fused-ring (bicyclic) bond motifs is 1. The largest absolute Gasteiger partial charge is 0.358 e. The smallest absolute Gasteiger partial charge is 0.0458 e. The molecule has 0 amide bonds. The lowest BCUT2D eigenvalue weighted by molar-refractivity contribution is 0.425. The first kappa shape index (κ1) is 12.2. The molecular weight excluding hydrogens is 208 g/mol. The molecule has 0 spiro atoms. The highest BCUT2D eigenvalue weighted by molar-refractivity contribution is 5.84. The van der Waals surface area contributed by atoms with Crippen molar-refractivity contribution in [3.8, 4) is 0 Å². The maximum atomic E-state index is 3.47. The second-order valence-electron chi connectivity index (χ2n) is 5.12. The van der Waals surface area contributed by atoms with Crippen LogP contribution >= 0.6 is 0 Å². The number of aromatic amines is 1. The van der Waals surface area contributed by atoms with Crippen LogP contribution in [0.15, 0.2) is 24.3 Å².